The van der Waals surface area contributed by atoms with E-state index in [-0.39, 0.29) is 6.54 Å². The lowest BCUT2D eigenvalue weighted by molar-refractivity contribution is 0.411. The number of sulfonamides is 1. The number of hydrogen-bond donors (Lipinski definition) is 2. The second-order valence-electron chi connectivity index (χ2n) is 4.21. The Morgan fingerprint density at radius 1 is 1.30 bits per heavy atom. The smallest absolute Gasteiger partial charge is 0.250 e. The van der Waals surface area contributed by atoms with E-state index in [0.29, 0.717) is 16.4 Å². The minimum atomic E-state index is -3.49. The van der Waals surface area contributed by atoms with Gasteiger partial charge < -0.3 is 9.84 Å². The van der Waals surface area contributed by atoms with Crippen molar-refractivity contribution in [2.45, 2.75) is 30.6 Å². The molecule has 8 heteroatoms. The van der Waals surface area contributed by atoms with E-state index >= 15 is 0 Å². The average Bonchev–Trinajstić information content (AvgIpc) is 3.08. The van der Waals surface area contributed by atoms with Crippen LogP contribution in [0, 0.1) is 0 Å². The summed E-state index contributed by atoms with van der Waals surface area (Å²) in [6, 6.07) is 5.08. The fourth-order valence-electron chi connectivity index (χ4n) is 1.55. The van der Waals surface area contributed by atoms with E-state index in [1.807, 2.05) is 6.07 Å². The molecule has 0 unspecified atom stereocenters. The first-order valence-electron chi connectivity index (χ1n) is 6.30. The molecular formula is C12H17N3O3S2. The van der Waals surface area contributed by atoms with Crippen LogP contribution >= 0.6 is 11.3 Å². The molecule has 0 atom stereocenters. The molecule has 0 bridgehead atoms. The highest BCUT2D eigenvalue weighted by Crippen LogP contribution is 2.21. The van der Waals surface area contributed by atoms with Gasteiger partial charge in [-0.2, -0.15) is 0 Å². The van der Waals surface area contributed by atoms with Crippen molar-refractivity contribution < 1.29 is 12.9 Å². The molecule has 0 radical (unpaired) electrons. The van der Waals surface area contributed by atoms with Crippen molar-refractivity contribution in [1.82, 2.24) is 15.2 Å². The first-order chi connectivity index (χ1) is 9.62. The van der Waals surface area contributed by atoms with Crippen LogP contribution in [0.2, 0.25) is 0 Å². The summed E-state index contributed by atoms with van der Waals surface area (Å²) < 4.78 is 31.6. The minimum Gasteiger partial charge on any atom is -0.364 e. The molecule has 0 aliphatic carbocycles. The van der Waals surface area contributed by atoms with Gasteiger partial charge in [0.05, 0.1) is 12.2 Å². The van der Waals surface area contributed by atoms with Crippen molar-refractivity contribution in [3.8, 4) is 0 Å². The Balaban J connectivity index is 1.95. The van der Waals surface area contributed by atoms with Crippen LogP contribution in [-0.4, -0.2) is 20.1 Å². The van der Waals surface area contributed by atoms with E-state index in [1.54, 1.807) is 12.1 Å². The summed E-state index contributed by atoms with van der Waals surface area (Å²) in [6.07, 6.45) is 2.46. The third-order valence-corrected chi connectivity index (χ3v) is 5.54. The van der Waals surface area contributed by atoms with Crippen molar-refractivity contribution >= 4 is 21.4 Å². The number of aromatic nitrogens is 1. The highest BCUT2D eigenvalue weighted by Gasteiger charge is 2.16. The maximum Gasteiger partial charge on any atom is 0.250 e. The molecule has 2 aromatic rings. The van der Waals surface area contributed by atoms with Crippen molar-refractivity contribution in [2.24, 2.45) is 0 Å². The van der Waals surface area contributed by atoms with Gasteiger partial charge in [0.15, 0.2) is 0 Å². The lowest BCUT2D eigenvalue weighted by Gasteiger charge is -2.02. The second-order valence-corrected chi connectivity index (χ2v) is 7.37. The summed E-state index contributed by atoms with van der Waals surface area (Å²) in [4.78, 5) is 1.00. The number of nitrogens with one attached hydrogen (secondary N) is 2. The van der Waals surface area contributed by atoms with Crippen LogP contribution in [0.5, 0.6) is 0 Å². The Labute approximate surface area is 122 Å². The Kier molecular flexibility index (Phi) is 5.30. The van der Waals surface area contributed by atoms with E-state index in [0.717, 1.165) is 17.8 Å². The van der Waals surface area contributed by atoms with Crippen LogP contribution in [-0.2, 0) is 23.1 Å². The molecule has 110 valence electrons. The minimum absolute atomic E-state index is 0.125. The van der Waals surface area contributed by atoms with Gasteiger partial charge in [-0.1, -0.05) is 12.1 Å². The molecule has 0 spiro atoms. The quantitative estimate of drug-likeness (QED) is 0.725. The summed E-state index contributed by atoms with van der Waals surface area (Å²) in [6.45, 7) is 3.83. The zero-order chi connectivity index (χ0) is 14.4. The van der Waals surface area contributed by atoms with Gasteiger partial charge in [0, 0.05) is 17.5 Å². The highest BCUT2D eigenvalue weighted by atomic mass is 32.2. The largest absolute Gasteiger partial charge is 0.364 e. The van der Waals surface area contributed by atoms with Crippen molar-refractivity contribution in [1.29, 1.82) is 0 Å². The lowest BCUT2D eigenvalue weighted by atomic mass is 10.4. The molecule has 0 amide bonds. The molecular weight excluding hydrogens is 298 g/mol. The Bertz CT molecular complexity index is 620. The van der Waals surface area contributed by atoms with Gasteiger partial charge in [-0.05, 0) is 25.1 Å². The number of rotatable bonds is 8. The lowest BCUT2D eigenvalue weighted by Crippen LogP contribution is -2.22. The molecule has 6 nitrogen and oxygen atoms in total. The molecule has 0 aromatic carbocycles. The summed E-state index contributed by atoms with van der Waals surface area (Å²) in [7, 11) is -3.49. The molecule has 2 heterocycles. The standard InChI is InChI=1S/C12H17N3O3S2/c1-2-6-13-9-11-3-4-12(19-11)20(16,17)14-8-10-5-7-18-15-10/h3-5,7,13-14H,2,6,8-9H2,1H3. The maximum atomic E-state index is 12.1. The normalized spacial score (nSPS) is 11.8. The van der Waals surface area contributed by atoms with Crippen molar-refractivity contribution in [2.75, 3.05) is 6.54 Å². The van der Waals surface area contributed by atoms with Gasteiger partial charge in [0.2, 0.25) is 10.0 Å². The third-order valence-electron chi connectivity index (χ3n) is 2.56. The number of hydrogen-bond acceptors (Lipinski definition) is 6. The Hall–Kier alpha value is -1.22. The van der Waals surface area contributed by atoms with Crippen LogP contribution in [0.4, 0.5) is 0 Å². The molecule has 0 saturated heterocycles. The van der Waals surface area contributed by atoms with Gasteiger partial charge in [0.1, 0.15) is 10.5 Å². The molecule has 0 aliphatic heterocycles. The van der Waals surface area contributed by atoms with Crippen LogP contribution < -0.4 is 10.0 Å². The van der Waals surface area contributed by atoms with E-state index in [9.17, 15) is 8.42 Å². The van der Waals surface area contributed by atoms with Crippen molar-refractivity contribution in [3.63, 3.8) is 0 Å². The Morgan fingerprint density at radius 3 is 2.85 bits per heavy atom. The average molecular weight is 315 g/mol. The monoisotopic (exact) mass is 315 g/mol. The number of nitrogens with zero attached hydrogens (tertiary/aromatic N) is 1. The summed E-state index contributed by atoms with van der Waals surface area (Å²) in [5.74, 6) is 0. The SMILES string of the molecule is CCCNCc1ccc(S(=O)(=O)NCc2ccon2)s1. The van der Waals surface area contributed by atoms with E-state index in [2.05, 4.69) is 26.6 Å². The van der Waals surface area contributed by atoms with Crippen LogP contribution in [0.25, 0.3) is 0 Å². The molecule has 2 aromatic heterocycles. The van der Waals surface area contributed by atoms with E-state index in [1.165, 1.54) is 17.6 Å². The first kappa shape index (κ1) is 15.2. The van der Waals surface area contributed by atoms with Crippen LogP contribution in [0.1, 0.15) is 23.9 Å². The van der Waals surface area contributed by atoms with Gasteiger partial charge >= 0.3 is 0 Å². The van der Waals surface area contributed by atoms with Gasteiger partial charge in [-0.25, -0.2) is 13.1 Å². The highest BCUT2D eigenvalue weighted by molar-refractivity contribution is 7.91. The molecule has 2 rings (SSSR count). The zero-order valence-electron chi connectivity index (χ0n) is 11.1. The predicted molar refractivity (Wildman–Crippen MR) is 76.8 cm³/mol. The van der Waals surface area contributed by atoms with Gasteiger partial charge in [-0.15, -0.1) is 11.3 Å². The van der Waals surface area contributed by atoms with Crippen LogP contribution in [0.3, 0.4) is 0 Å². The van der Waals surface area contributed by atoms with Gasteiger partial charge in [-0.3, -0.25) is 0 Å². The first-order valence-corrected chi connectivity index (χ1v) is 8.60. The molecule has 0 aliphatic rings. The second kappa shape index (κ2) is 6.98. The molecule has 20 heavy (non-hydrogen) atoms. The molecule has 2 N–H and O–H groups in total. The fourth-order valence-corrected chi connectivity index (χ4v) is 3.92. The Morgan fingerprint density at radius 2 is 2.15 bits per heavy atom. The van der Waals surface area contributed by atoms with Crippen LogP contribution in [0.15, 0.2) is 33.2 Å². The number of thiophene rings is 1. The van der Waals surface area contributed by atoms with E-state index in [4.69, 9.17) is 0 Å². The maximum absolute atomic E-state index is 12.1. The molecule has 0 fully saturated rings. The fraction of sp³-hybridized carbons (Fsp3) is 0.417. The zero-order valence-corrected chi connectivity index (χ0v) is 12.8. The third kappa shape index (κ3) is 4.14. The summed E-state index contributed by atoms with van der Waals surface area (Å²) in [5, 5.41) is 6.90. The van der Waals surface area contributed by atoms with Crippen molar-refractivity contribution in [3.05, 3.63) is 35.0 Å². The summed E-state index contributed by atoms with van der Waals surface area (Å²) >= 11 is 1.27. The summed E-state index contributed by atoms with van der Waals surface area (Å²) in [5.41, 5.74) is 0.551. The molecule has 0 saturated carbocycles. The predicted octanol–water partition coefficient (Wildman–Crippen LogP) is 1.71. The van der Waals surface area contributed by atoms with E-state index < -0.39 is 10.0 Å². The topological polar surface area (TPSA) is 84.2 Å². The van der Waals surface area contributed by atoms with Gasteiger partial charge in [0.25, 0.3) is 0 Å².